The monoisotopic (exact) mass is 281 g/mol. The SMILES string of the molecule is O=C(O)CCCCC(=O)N1CCCC1c1cccs1. The first kappa shape index (κ1) is 14.1. The predicted molar refractivity (Wildman–Crippen MR) is 74.1 cm³/mol. The maximum absolute atomic E-state index is 12.2. The van der Waals surface area contributed by atoms with E-state index in [0.717, 1.165) is 19.4 Å². The average molecular weight is 281 g/mol. The molecule has 1 fully saturated rings. The minimum atomic E-state index is -0.787. The van der Waals surface area contributed by atoms with Crippen LogP contribution < -0.4 is 0 Å². The van der Waals surface area contributed by atoms with Gasteiger partial charge >= 0.3 is 5.97 Å². The maximum Gasteiger partial charge on any atom is 0.303 e. The molecule has 1 saturated heterocycles. The van der Waals surface area contributed by atoms with Crippen molar-refractivity contribution in [3.8, 4) is 0 Å². The number of nitrogens with zero attached hydrogens (tertiary/aromatic N) is 1. The molecule has 19 heavy (non-hydrogen) atoms. The zero-order valence-corrected chi connectivity index (χ0v) is 11.7. The first-order chi connectivity index (χ1) is 9.18. The third kappa shape index (κ3) is 3.80. The first-order valence-corrected chi connectivity index (χ1v) is 7.61. The molecule has 0 bridgehead atoms. The van der Waals surface area contributed by atoms with Gasteiger partial charge in [0.25, 0.3) is 0 Å². The van der Waals surface area contributed by atoms with E-state index in [1.807, 2.05) is 16.3 Å². The van der Waals surface area contributed by atoms with E-state index in [0.29, 0.717) is 19.3 Å². The third-order valence-corrected chi connectivity index (χ3v) is 4.45. The van der Waals surface area contributed by atoms with Crippen LogP contribution in [-0.4, -0.2) is 28.4 Å². The molecule has 1 aliphatic heterocycles. The Morgan fingerprint density at radius 1 is 1.37 bits per heavy atom. The lowest BCUT2D eigenvalue weighted by Crippen LogP contribution is -2.29. The molecular formula is C14H19NO3S. The maximum atomic E-state index is 12.2. The highest BCUT2D eigenvalue weighted by Gasteiger charge is 2.29. The molecule has 2 heterocycles. The van der Waals surface area contributed by atoms with Crippen molar-refractivity contribution in [2.45, 2.75) is 44.6 Å². The standard InChI is InChI=1S/C14H19NO3S/c16-13(7-1-2-8-14(17)18)15-9-3-5-11(15)12-6-4-10-19-12/h4,6,10-11H,1-3,5,7-9H2,(H,17,18). The number of carbonyl (C=O) groups excluding carboxylic acids is 1. The number of hydrogen-bond acceptors (Lipinski definition) is 3. The predicted octanol–water partition coefficient (Wildman–Crippen LogP) is 3.06. The van der Waals surface area contributed by atoms with Gasteiger partial charge in [0.15, 0.2) is 0 Å². The second kappa shape index (κ2) is 6.70. The van der Waals surface area contributed by atoms with Gasteiger partial charge in [-0.05, 0) is 37.1 Å². The van der Waals surface area contributed by atoms with Crippen molar-refractivity contribution in [1.29, 1.82) is 0 Å². The van der Waals surface area contributed by atoms with Crippen LogP contribution in [0, 0.1) is 0 Å². The molecule has 1 aliphatic rings. The van der Waals surface area contributed by atoms with Crippen LogP contribution in [0.3, 0.4) is 0 Å². The van der Waals surface area contributed by atoms with Crippen molar-refractivity contribution in [3.63, 3.8) is 0 Å². The third-order valence-electron chi connectivity index (χ3n) is 3.48. The van der Waals surface area contributed by atoms with Crippen LogP contribution in [0.2, 0.25) is 0 Å². The first-order valence-electron chi connectivity index (χ1n) is 6.73. The van der Waals surface area contributed by atoms with E-state index in [1.54, 1.807) is 11.3 Å². The van der Waals surface area contributed by atoms with E-state index >= 15 is 0 Å². The number of carbonyl (C=O) groups is 2. The van der Waals surface area contributed by atoms with Gasteiger partial charge in [-0.3, -0.25) is 9.59 Å². The van der Waals surface area contributed by atoms with Gasteiger partial charge in [-0.25, -0.2) is 0 Å². The number of rotatable bonds is 6. The molecule has 4 nitrogen and oxygen atoms in total. The van der Waals surface area contributed by atoms with Crippen molar-refractivity contribution in [3.05, 3.63) is 22.4 Å². The fraction of sp³-hybridized carbons (Fsp3) is 0.571. The summed E-state index contributed by atoms with van der Waals surface area (Å²) in [7, 11) is 0. The highest BCUT2D eigenvalue weighted by Crippen LogP contribution is 2.34. The molecule has 104 valence electrons. The number of unbranched alkanes of at least 4 members (excludes halogenated alkanes) is 1. The minimum absolute atomic E-state index is 0.154. The number of aliphatic carboxylic acids is 1. The van der Waals surface area contributed by atoms with E-state index in [2.05, 4.69) is 6.07 Å². The number of hydrogen-bond donors (Lipinski definition) is 1. The van der Waals surface area contributed by atoms with Gasteiger partial charge in [0.05, 0.1) is 6.04 Å². The van der Waals surface area contributed by atoms with Gasteiger partial charge in [-0.2, -0.15) is 0 Å². The Kier molecular flexibility index (Phi) is 4.96. The molecule has 0 spiro atoms. The molecule has 0 aliphatic carbocycles. The van der Waals surface area contributed by atoms with E-state index < -0.39 is 5.97 Å². The molecule has 1 atom stereocenters. The Balaban J connectivity index is 1.83. The van der Waals surface area contributed by atoms with Crippen molar-refractivity contribution >= 4 is 23.2 Å². The molecule has 1 aromatic heterocycles. The van der Waals surface area contributed by atoms with Gasteiger partial charge in [0.2, 0.25) is 5.91 Å². The number of amides is 1. The summed E-state index contributed by atoms with van der Waals surface area (Å²) in [6.45, 7) is 0.834. The van der Waals surface area contributed by atoms with Crippen LogP contribution in [0.1, 0.15) is 49.4 Å². The Bertz CT molecular complexity index is 430. The summed E-state index contributed by atoms with van der Waals surface area (Å²) in [4.78, 5) is 25.8. The smallest absolute Gasteiger partial charge is 0.303 e. The van der Waals surface area contributed by atoms with E-state index in [-0.39, 0.29) is 18.4 Å². The van der Waals surface area contributed by atoms with E-state index in [4.69, 9.17) is 5.11 Å². The lowest BCUT2D eigenvalue weighted by molar-refractivity contribution is -0.137. The fourth-order valence-corrected chi connectivity index (χ4v) is 3.41. The highest BCUT2D eigenvalue weighted by molar-refractivity contribution is 7.10. The lowest BCUT2D eigenvalue weighted by Gasteiger charge is -2.24. The fourth-order valence-electron chi connectivity index (χ4n) is 2.54. The molecule has 1 unspecified atom stereocenters. The van der Waals surface area contributed by atoms with Crippen LogP contribution >= 0.6 is 11.3 Å². The van der Waals surface area contributed by atoms with Crippen molar-refractivity contribution in [2.75, 3.05) is 6.54 Å². The van der Waals surface area contributed by atoms with Gasteiger partial charge < -0.3 is 10.0 Å². The molecule has 2 rings (SSSR count). The van der Waals surface area contributed by atoms with E-state index in [1.165, 1.54) is 4.88 Å². The normalized spacial score (nSPS) is 18.7. The topological polar surface area (TPSA) is 57.6 Å². The van der Waals surface area contributed by atoms with Gasteiger partial charge in [0.1, 0.15) is 0 Å². The Labute approximate surface area is 117 Å². The molecular weight excluding hydrogens is 262 g/mol. The van der Waals surface area contributed by atoms with Gasteiger partial charge in [-0.1, -0.05) is 6.07 Å². The Morgan fingerprint density at radius 3 is 2.84 bits per heavy atom. The molecule has 1 amide bonds. The number of carboxylic acids is 1. The molecule has 0 aromatic carbocycles. The summed E-state index contributed by atoms with van der Waals surface area (Å²) < 4.78 is 0. The van der Waals surface area contributed by atoms with Crippen LogP contribution in [-0.2, 0) is 9.59 Å². The Hall–Kier alpha value is -1.36. The quantitative estimate of drug-likeness (QED) is 0.815. The average Bonchev–Trinajstić information content (AvgIpc) is 3.02. The van der Waals surface area contributed by atoms with Crippen molar-refractivity contribution in [1.82, 2.24) is 4.90 Å². The zero-order chi connectivity index (χ0) is 13.7. The summed E-state index contributed by atoms with van der Waals surface area (Å²) in [5.41, 5.74) is 0. The van der Waals surface area contributed by atoms with Gasteiger partial charge in [-0.15, -0.1) is 11.3 Å². The van der Waals surface area contributed by atoms with Crippen LogP contribution in [0.15, 0.2) is 17.5 Å². The summed E-state index contributed by atoms with van der Waals surface area (Å²) in [5.74, 6) is -0.619. The van der Waals surface area contributed by atoms with Crippen molar-refractivity contribution < 1.29 is 14.7 Å². The highest BCUT2D eigenvalue weighted by atomic mass is 32.1. The number of likely N-dealkylation sites (tertiary alicyclic amines) is 1. The van der Waals surface area contributed by atoms with Crippen molar-refractivity contribution in [2.24, 2.45) is 0 Å². The Morgan fingerprint density at radius 2 is 2.16 bits per heavy atom. The number of carboxylic acid groups (broad SMARTS) is 1. The zero-order valence-electron chi connectivity index (χ0n) is 10.9. The van der Waals surface area contributed by atoms with E-state index in [9.17, 15) is 9.59 Å². The summed E-state index contributed by atoms with van der Waals surface area (Å²) in [6.07, 6.45) is 3.97. The van der Waals surface area contributed by atoms with Crippen LogP contribution in [0.4, 0.5) is 0 Å². The second-order valence-corrected chi connectivity index (χ2v) is 5.84. The molecule has 1 aromatic rings. The molecule has 5 heteroatoms. The van der Waals surface area contributed by atoms with Crippen LogP contribution in [0.5, 0.6) is 0 Å². The number of thiophene rings is 1. The molecule has 0 saturated carbocycles. The summed E-state index contributed by atoms with van der Waals surface area (Å²) >= 11 is 1.70. The minimum Gasteiger partial charge on any atom is -0.481 e. The van der Waals surface area contributed by atoms with Gasteiger partial charge in [0, 0.05) is 24.3 Å². The molecule has 0 radical (unpaired) electrons. The summed E-state index contributed by atoms with van der Waals surface area (Å²) in [5, 5.41) is 10.6. The second-order valence-electron chi connectivity index (χ2n) is 4.86. The van der Waals surface area contributed by atoms with Crippen LogP contribution in [0.25, 0.3) is 0 Å². The summed E-state index contributed by atoms with van der Waals surface area (Å²) in [6, 6.07) is 4.35. The lowest BCUT2D eigenvalue weighted by atomic mass is 10.1. The molecule has 1 N–H and O–H groups in total. The largest absolute Gasteiger partial charge is 0.481 e.